The molecule has 0 unspecified atom stereocenters. The molecule has 1 heterocycles. The average molecular weight is 402 g/mol. The molecule has 1 aromatic heterocycles. The van der Waals surface area contributed by atoms with E-state index in [0.717, 1.165) is 11.1 Å². The predicted octanol–water partition coefficient (Wildman–Crippen LogP) is 4.86. The molecule has 7 heteroatoms. The third-order valence-corrected chi connectivity index (χ3v) is 4.17. The smallest absolute Gasteiger partial charge is 0.276 e. The Kier molecular flexibility index (Phi) is 6.65. The van der Waals surface area contributed by atoms with Gasteiger partial charge in [0.25, 0.3) is 5.91 Å². The Balaban J connectivity index is 1.59. The van der Waals surface area contributed by atoms with Gasteiger partial charge in [-0.3, -0.25) is 14.6 Å². The molecule has 0 radical (unpaired) electrons. The maximum atomic E-state index is 12.5. The van der Waals surface area contributed by atoms with E-state index in [2.05, 4.69) is 15.8 Å². The molecule has 0 spiro atoms. The van der Waals surface area contributed by atoms with Gasteiger partial charge < -0.3 is 5.32 Å². The van der Waals surface area contributed by atoms with Crippen LogP contribution in [0.25, 0.3) is 0 Å². The maximum Gasteiger partial charge on any atom is 0.276 e. The van der Waals surface area contributed by atoms with Gasteiger partial charge >= 0.3 is 0 Å². The molecule has 0 aliphatic heterocycles. The number of hydrogen-bond acceptors (Lipinski definition) is 4. The summed E-state index contributed by atoms with van der Waals surface area (Å²) >= 11 is 11.9. The van der Waals surface area contributed by atoms with Gasteiger partial charge in [-0.25, -0.2) is 5.48 Å². The van der Waals surface area contributed by atoms with Gasteiger partial charge in [0.05, 0.1) is 12.2 Å². The summed E-state index contributed by atoms with van der Waals surface area (Å²) in [4.78, 5) is 21.8. The first kappa shape index (κ1) is 19.2. The Hall–Kier alpha value is -2.60. The fraction of sp³-hybridized carbons (Fsp3) is 0.100. The lowest BCUT2D eigenvalue weighted by Gasteiger charge is -2.12. The molecule has 0 aliphatic carbocycles. The molecule has 138 valence electrons. The fourth-order valence-electron chi connectivity index (χ4n) is 2.47. The van der Waals surface area contributed by atoms with E-state index in [1.807, 2.05) is 24.3 Å². The second-order valence-electron chi connectivity index (χ2n) is 5.75. The molecular weight excluding hydrogens is 385 g/mol. The van der Waals surface area contributed by atoms with Crippen molar-refractivity contribution in [1.82, 2.24) is 10.5 Å². The van der Waals surface area contributed by atoms with E-state index >= 15 is 0 Å². The van der Waals surface area contributed by atoms with Crippen molar-refractivity contribution >= 4 is 34.8 Å². The molecule has 27 heavy (non-hydrogen) atoms. The van der Waals surface area contributed by atoms with Crippen molar-refractivity contribution in [3.8, 4) is 0 Å². The van der Waals surface area contributed by atoms with Crippen LogP contribution in [-0.2, 0) is 18.0 Å². The zero-order valence-corrected chi connectivity index (χ0v) is 15.8. The molecule has 1 amide bonds. The van der Waals surface area contributed by atoms with Crippen LogP contribution in [0.1, 0.15) is 21.5 Å². The Bertz CT molecular complexity index is 900. The van der Waals surface area contributed by atoms with Crippen molar-refractivity contribution in [2.75, 3.05) is 5.32 Å². The van der Waals surface area contributed by atoms with Crippen molar-refractivity contribution in [3.63, 3.8) is 0 Å². The van der Waals surface area contributed by atoms with Gasteiger partial charge in [-0.15, -0.1) is 0 Å². The normalized spacial score (nSPS) is 10.4. The molecule has 3 aromatic rings. The van der Waals surface area contributed by atoms with Crippen molar-refractivity contribution in [1.29, 1.82) is 0 Å². The molecule has 0 fully saturated rings. The lowest BCUT2D eigenvalue weighted by atomic mass is 10.1. The highest BCUT2D eigenvalue weighted by molar-refractivity contribution is 6.34. The van der Waals surface area contributed by atoms with Crippen LogP contribution in [0.5, 0.6) is 0 Å². The summed E-state index contributed by atoms with van der Waals surface area (Å²) in [7, 11) is 0. The number of pyridine rings is 1. The average Bonchev–Trinajstić information content (AvgIpc) is 2.66. The first-order chi connectivity index (χ1) is 13.1. The van der Waals surface area contributed by atoms with E-state index in [1.54, 1.807) is 42.7 Å². The van der Waals surface area contributed by atoms with Gasteiger partial charge in [0.15, 0.2) is 0 Å². The Morgan fingerprint density at radius 2 is 1.67 bits per heavy atom. The maximum absolute atomic E-state index is 12.5. The molecule has 0 atom stereocenters. The number of anilines is 1. The summed E-state index contributed by atoms with van der Waals surface area (Å²) in [5, 5.41) is 4.28. The topological polar surface area (TPSA) is 63.2 Å². The number of nitrogens with zero attached hydrogens (tertiary/aromatic N) is 1. The van der Waals surface area contributed by atoms with Crippen molar-refractivity contribution < 1.29 is 9.63 Å². The van der Waals surface area contributed by atoms with Gasteiger partial charge in [0.1, 0.15) is 0 Å². The van der Waals surface area contributed by atoms with Crippen LogP contribution in [0, 0.1) is 0 Å². The highest BCUT2D eigenvalue weighted by Gasteiger charge is 2.11. The SMILES string of the molecule is O=C(NOCc1cc(Cl)cc(Cl)c1)c1ccccc1NCc1ccncc1. The fourth-order valence-corrected chi connectivity index (χ4v) is 3.04. The number of halogens is 2. The van der Waals surface area contributed by atoms with E-state index in [-0.39, 0.29) is 12.5 Å². The van der Waals surface area contributed by atoms with Crippen molar-refractivity contribution in [2.24, 2.45) is 0 Å². The molecular formula is C20H17Cl2N3O2. The Morgan fingerprint density at radius 1 is 0.963 bits per heavy atom. The first-order valence-electron chi connectivity index (χ1n) is 8.21. The van der Waals surface area contributed by atoms with E-state index < -0.39 is 0 Å². The third-order valence-electron chi connectivity index (χ3n) is 3.73. The number of para-hydroxylation sites is 1. The Morgan fingerprint density at radius 3 is 2.41 bits per heavy atom. The number of benzene rings is 2. The van der Waals surface area contributed by atoms with Crippen molar-refractivity contribution in [2.45, 2.75) is 13.2 Å². The van der Waals surface area contributed by atoms with Crippen LogP contribution < -0.4 is 10.8 Å². The second-order valence-corrected chi connectivity index (χ2v) is 6.63. The zero-order chi connectivity index (χ0) is 19.1. The molecule has 0 saturated heterocycles. The highest BCUT2D eigenvalue weighted by Crippen LogP contribution is 2.20. The first-order valence-corrected chi connectivity index (χ1v) is 8.96. The van der Waals surface area contributed by atoms with Crippen LogP contribution in [0.4, 0.5) is 5.69 Å². The number of aromatic nitrogens is 1. The number of nitrogens with one attached hydrogen (secondary N) is 2. The third kappa shape index (κ3) is 5.69. The number of rotatable bonds is 7. The second kappa shape index (κ2) is 9.37. The standard InChI is InChI=1S/C20H17Cl2N3O2/c21-16-9-15(10-17(22)11-16)13-27-25-20(26)18-3-1-2-4-19(18)24-12-14-5-7-23-8-6-14/h1-11,24H,12-13H2,(H,25,26). The summed E-state index contributed by atoms with van der Waals surface area (Å²) in [6, 6.07) is 16.1. The highest BCUT2D eigenvalue weighted by atomic mass is 35.5. The van der Waals surface area contributed by atoms with Crippen LogP contribution in [0.15, 0.2) is 67.0 Å². The molecule has 0 aliphatic rings. The van der Waals surface area contributed by atoms with E-state index in [4.69, 9.17) is 28.0 Å². The van der Waals surface area contributed by atoms with Crippen LogP contribution in [-0.4, -0.2) is 10.9 Å². The monoisotopic (exact) mass is 401 g/mol. The molecule has 5 nitrogen and oxygen atoms in total. The molecule has 2 N–H and O–H groups in total. The summed E-state index contributed by atoms with van der Waals surface area (Å²) in [6.45, 7) is 0.729. The summed E-state index contributed by atoms with van der Waals surface area (Å²) in [6.07, 6.45) is 3.46. The van der Waals surface area contributed by atoms with Crippen LogP contribution in [0.3, 0.4) is 0 Å². The largest absolute Gasteiger partial charge is 0.380 e. The Labute approximate surface area is 167 Å². The predicted molar refractivity (Wildman–Crippen MR) is 107 cm³/mol. The number of amides is 1. The van der Waals surface area contributed by atoms with Crippen molar-refractivity contribution in [3.05, 3.63) is 93.7 Å². The lowest BCUT2D eigenvalue weighted by molar-refractivity contribution is 0.0234. The summed E-state index contributed by atoms with van der Waals surface area (Å²) < 4.78 is 0. The summed E-state index contributed by atoms with van der Waals surface area (Å²) in [5.74, 6) is -0.346. The molecule has 0 saturated carbocycles. The minimum Gasteiger partial charge on any atom is -0.380 e. The summed E-state index contributed by atoms with van der Waals surface area (Å²) in [5.41, 5.74) is 5.47. The van der Waals surface area contributed by atoms with E-state index in [1.165, 1.54) is 0 Å². The number of hydroxylamine groups is 1. The zero-order valence-electron chi connectivity index (χ0n) is 14.3. The number of hydrogen-bond donors (Lipinski definition) is 2. The van der Waals surface area contributed by atoms with E-state index in [0.29, 0.717) is 27.8 Å². The minimum atomic E-state index is -0.346. The van der Waals surface area contributed by atoms with E-state index in [9.17, 15) is 4.79 Å². The number of carbonyl (C=O) groups is 1. The van der Waals surface area contributed by atoms with Crippen LogP contribution in [0.2, 0.25) is 10.0 Å². The van der Waals surface area contributed by atoms with Gasteiger partial charge in [-0.2, -0.15) is 0 Å². The minimum absolute atomic E-state index is 0.151. The van der Waals surface area contributed by atoms with Gasteiger partial charge in [-0.1, -0.05) is 35.3 Å². The van der Waals surface area contributed by atoms with Crippen LogP contribution >= 0.6 is 23.2 Å². The van der Waals surface area contributed by atoms with Gasteiger partial charge in [0, 0.05) is 34.7 Å². The van der Waals surface area contributed by atoms with Gasteiger partial charge in [0.2, 0.25) is 0 Å². The van der Waals surface area contributed by atoms with Gasteiger partial charge in [-0.05, 0) is 53.6 Å². The molecule has 0 bridgehead atoms. The number of carbonyl (C=O) groups excluding carboxylic acids is 1. The quantitative estimate of drug-likeness (QED) is 0.554. The lowest BCUT2D eigenvalue weighted by Crippen LogP contribution is -2.24. The molecule has 2 aromatic carbocycles. The molecule has 3 rings (SSSR count).